The second-order valence-electron chi connectivity index (χ2n) is 13.9. The van der Waals surface area contributed by atoms with E-state index in [4.69, 9.17) is 9.84 Å². The first-order chi connectivity index (χ1) is 23.8. The first-order valence-corrected chi connectivity index (χ1v) is 17.1. The Morgan fingerprint density at radius 3 is 2.08 bits per heavy atom. The average molecular weight is 674 g/mol. The van der Waals surface area contributed by atoms with Crippen molar-refractivity contribution in [3.63, 3.8) is 0 Å². The SMILES string of the molecule is CCC(C)(C)c1ccc(OCC(=O)Nc2cccc(C3=NN(c4ccccc4)C(=O)C3(NC(C)=O)Nc3ccccc3)c2)c(C(C)(C)CC)c1. The number of nitrogens with zero attached hydrogens (tertiary/aromatic N) is 2. The van der Waals surface area contributed by atoms with Gasteiger partial charge < -0.3 is 20.7 Å². The highest BCUT2D eigenvalue weighted by atomic mass is 16.5. The van der Waals surface area contributed by atoms with Crippen LogP contribution in [0.4, 0.5) is 17.1 Å². The molecule has 0 radical (unpaired) electrons. The zero-order valence-corrected chi connectivity index (χ0v) is 30.0. The van der Waals surface area contributed by atoms with Crippen LogP contribution in [0.15, 0.2) is 108 Å². The largest absolute Gasteiger partial charge is 0.483 e. The summed E-state index contributed by atoms with van der Waals surface area (Å²) in [5, 5.41) is 15.1. The third-order valence-corrected chi connectivity index (χ3v) is 9.57. The van der Waals surface area contributed by atoms with Gasteiger partial charge in [0.15, 0.2) is 6.61 Å². The number of hydrogen-bond acceptors (Lipinski definition) is 6. The van der Waals surface area contributed by atoms with E-state index in [1.54, 1.807) is 36.4 Å². The van der Waals surface area contributed by atoms with Crippen molar-refractivity contribution in [3.05, 3.63) is 120 Å². The molecule has 0 aromatic heterocycles. The van der Waals surface area contributed by atoms with E-state index in [1.165, 1.54) is 17.5 Å². The van der Waals surface area contributed by atoms with Crippen LogP contribution >= 0.6 is 0 Å². The molecule has 3 amide bonds. The molecule has 9 heteroatoms. The molecule has 50 heavy (non-hydrogen) atoms. The molecule has 1 heterocycles. The monoisotopic (exact) mass is 673 g/mol. The molecule has 5 rings (SSSR count). The smallest absolute Gasteiger partial charge is 0.300 e. The Morgan fingerprint density at radius 1 is 0.800 bits per heavy atom. The molecule has 1 unspecified atom stereocenters. The summed E-state index contributed by atoms with van der Waals surface area (Å²) in [6.45, 7) is 14.3. The highest BCUT2D eigenvalue weighted by Crippen LogP contribution is 2.38. The van der Waals surface area contributed by atoms with Crippen LogP contribution in [0.2, 0.25) is 0 Å². The number of carbonyl (C=O) groups is 3. The standard InChI is InChI=1S/C41H47N5O4/c1-8-39(4,5)30-23-24-35(34(26-30)40(6,7)9-2)50-27-36(48)42-32-20-16-17-29(25-32)37-41(43-28(3)47,44-31-18-12-10-13-19-31)38(49)46(45-37)33-21-14-11-15-22-33/h10-26,44H,8-9,27H2,1-7H3,(H,42,48)(H,43,47). The fraction of sp³-hybridized carbons (Fsp3) is 0.317. The zero-order valence-electron chi connectivity index (χ0n) is 30.0. The summed E-state index contributed by atoms with van der Waals surface area (Å²) >= 11 is 0. The van der Waals surface area contributed by atoms with Gasteiger partial charge in [0, 0.05) is 29.4 Å². The summed E-state index contributed by atoms with van der Waals surface area (Å²) in [6, 6.07) is 31.5. The number of hydrogen-bond donors (Lipinski definition) is 3. The van der Waals surface area contributed by atoms with Crippen molar-refractivity contribution in [1.29, 1.82) is 0 Å². The van der Waals surface area contributed by atoms with Gasteiger partial charge in [-0.2, -0.15) is 10.1 Å². The fourth-order valence-electron chi connectivity index (χ4n) is 5.84. The summed E-state index contributed by atoms with van der Waals surface area (Å²) in [4.78, 5) is 40.3. The maximum Gasteiger partial charge on any atom is 0.300 e. The quantitative estimate of drug-likeness (QED) is 0.126. The lowest BCUT2D eigenvalue weighted by Crippen LogP contribution is -2.64. The van der Waals surface area contributed by atoms with Gasteiger partial charge in [-0.1, -0.05) is 102 Å². The maximum atomic E-state index is 14.3. The number of anilines is 3. The zero-order chi connectivity index (χ0) is 36.1. The average Bonchev–Trinajstić information content (AvgIpc) is 3.38. The van der Waals surface area contributed by atoms with Gasteiger partial charge in [-0.25, -0.2) is 0 Å². The lowest BCUT2D eigenvalue weighted by Gasteiger charge is -2.32. The van der Waals surface area contributed by atoms with Crippen molar-refractivity contribution in [2.45, 2.75) is 77.8 Å². The summed E-state index contributed by atoms with van der Waals surface area (Å²) < 4.78 is 6.17. The van der Waals surface area contributed by atoms with E-state index in [1.807, 2.05) is 54.6 Å². The van der Waals surface area contributed by atoms with Crippen molar-refractivity contribution in [2.75, 3.05) is 22.2 Å². The Morgan fingerprint density at radius 2 is 1.44 bits per heavy atom. The van der Waals surface area contributed by atoms with Crippen molar-refractivity contribution in [3.8, 4) is 5.75 Å². The second kappa shape index (κ2) is 14.6. The number of para-hydroxylation sites is 2. The molecule has 4 aromatic rings. The molecule has 0 saturated heterocycles. The van der Waals surface area contributed by atoms with Crippen LogP contribution < -0.4 is 25.7 Å². The Balaban J connectivity index is 1.44. The molecule has 0 fully saturated rings. The molecule has 260 valence electrons. The van der Waals surface area contributed by atoms with Crippen LogP contribution in [-0.4, -0.2) is 35.7 Å². The normalized spacial score (nSPS) is 16.1. The minimum absolute atomic E-state index is 0.0139. The lowest BCUT2D eigenvalue weighted by atomic mass is 9.76. The van der Waals surface area contributed by atoms with Gasteiger partial charge in [0.2, 0.25) is 11.6 Å². The van der Waals surface area contributed by atoms with Crippen molar-refractivity contribution in [1.82, 2.24) is 5.32 Å². The van der Waals surface area contributed by atoms with E-state index < -0.39 is 17.5 Å². The van der Waals surface area contributed by atoms with Crippen LogP contribution in [0, 0.1) is 0 Å². The fourth-order valence-corrected chi connectivity index (χ4v) is 5.84. The van der Waals surface area contributed by atoms with Crippen LogP contribution in [0.3, 0.4) is 0 Å². The summed E-state index contributed by atoms with van der Waals surface area (Å²) in [5.41, 5.74) is 2.84. The van der Waals surface area contributed by atoms with E-state index in [2.05, 4.69) is 69.6 Å². The maximum absolute atomic E-state index is 14.3. The first kappa shape index (κ1) is 35.9. The molecule has 1 aliphatic heterocycles. The van der Waals surface area contributed by atoms with Gasteiger partial charge in [0.1, 0.15) is 11.5 Å². The van der Waals surface area contributed by atoms with Crippen LogP contribution in [0.1, 0.15) is 78.0 Å². The molecule has 0 bridgehead atoms. The van der Waals surface area contributed by atoms with Gasteiger partial charge >= 0.3 is 5.91 Å². The van der Waals surface area contributed by atoms with Crippen molar-refractivity contribution in [2.24, 2.45) is 5.10 Å². The molecule has 0 saturated carbocycles. The summed E-state index contributed by atoms with van der Waals surface area (Å²) in [5.74, 6) is -0.572. The minimum atomic E-state index is -1.74. The second-order valence-corrected chi connectivity index (χ2v) is 13.9. The highest BCUT2D eigenvalue weighted by molar-refractivity contribution is 6.31. The number of amides is 3. The molecule has 0 spiro atoms. The lowest BCUT2D eigenvalue weighted by molar-refractivity contribution is -0.127. The Kier molecular flexibility index (Phi) is 10.5. The van der Waals surface area contributed by atoms with Gasteiger partial charge in [-0.05, 0) is 71.7 Å². The van der Waals surface area contributed by atoms with Gasteiger partial charge in [-0.15, -0.1) is 0 Å². The number of rotatable bonds is 13. The molecule has 0 aliphatic carbocycles. The number of ether oxygens (including phenoxy) is 1. The molecular formula is C41H47N5O4. The Labute approximate surface area is 295 Å². The van der Waals surface area contributed by atoms with E-state index >= 15 is 0 Å². The third-order valence-electron chi connectivity index (χ3n) is 9.57. The van der Waals surface area contributed by atoms with Crippen LogP contribution in [0.25, 0.3) is 0 Å². The van der Waals surface area contributed by atoms with Crippen molar-refractivity contribution < 1.29 is 19.1 Å². The predicted octanol–water partition coefficient (Wildman–Crippen LogP) is 7.77. The minimum Gasteiger partial charge on any atom is -0.483 e. The van der Waals surface area contributed by atoms with E-state index in [0.717, 1.165) is 18.4 Å². The Hall–Kier alpha value is -5.44. The molecule has 9 nitrogen and oxygen atoms in total. The van der Waals surface area contributed by atoms with E-state index in [9.17, 15) is 14.4 Å². The molecule has 1 atom stereocenters. The van der Waals surface area contributed by atoms with Gasteiger partial charge in [0.05, 0.1) is 5.69 Å². The molecule has 3 N–H and O–H groups in total. The molecule has 4 aromatic carbocycles. The molecular weight excluding hydrogens is 626 g/mol. The predicted molar refractivity (Wildman–Crippen MR) is 201 cm³/mol. The number of carbonyl (C=O) groups excluding carboxylic acids is 3. The topological polar surface area (TPSA) is 112 Å². The van der Waals surface area contributed by atoms with Crippen LogP contribution in [-0.2, 0) is 25.2 Å². The third kappa shape index (κ3) is 7.57. The van der Waals surface area contributed by atoms with E-state index in [-0.39, 0.29) is 29.1 Å². The number of nitrogens with one attached hydrogen (secondary N) is 3. The Bertz CT molecular complexity index is 1890. The number of hydrazone groups is 1. The first-order valence-electron chi connectivity index (χ1n) is 17.1. The number of benzene rings is 4. The van der Waals surface area contributed by atoms with Crippen LogP contribution in [0.5, 0.6) is 5.75 Å². The highest BCUT2D eigenvalue weighted by Gasteiger charge is 2.53. The summed E-state index contributed by atoms with van der Waals surface area (Å²) in [6.07, 6.45) is 1.91. The van der Waals surface area contributed by atoms with Crippen molar-refractivity contribution >= 4 is 40.5 Å². The molecule has 1 aliphatic rings. The van der Waals surface area contributed by atoms with Gasteiger partial charge in [0.25, 0.3) is 5.91 Å². The van der Waals surface area contributed by atoms with E-state index in [0.29, 0.717) is 28.4 Å². The summed E-state index contributed by atoms with van der Waals surface area (Å²) in [7, 11) is 0. The van der Waals surface area contributed by atoms with Gasteiger partial charge in [-0.3, -0.25) is 14.4 Å².